The highest BCUT2D eigenvalue weighted by molar-refractivity contribution is 5.94. The summed E-state index contributed by atoms with van der Waals surface area (Å²) in [6.45, 7) is 8.15. The van der Waals surface area contributed by atoms with Gasteiger partial charge >= 0.3 is 0 Å². The topological polar surface area (TPSA) is 37.4 Å². The zero-order valence-electron chi connectivity index (χ0n) is 7.18. The first-order valence-electron chi connectivity index (χ1n) is 3.49. The standard InChI is InChI=1S/C8H13NO2/c1-5-6(2)9(7(3)10)8(4)11/h2,5H2,1,3-4H3. The highest BCUT2D eigenvalue weighted by Gasteiger charge is 2.14. The van der Waals surface area contributed by atoms with E-state index in [9.17, 15) is 9.59 Å². The Morgan fingerprint density at radius 2 is 1.64 bits per heavy atom. The fraction of sp³-hybridized carbons (Fsp3) is 0.500. The van der Waals surface area contributed by atoms with Crippen LogP contribution in [-0.4, -0.2) is 16.7 Å². The van der Waals surface area contributed by atoms with Crippen molar-refractivity contribution in [1.29, 1.82) is 0 Å². The first-order chi connectivity index (χ1) is 5.00. The number of carbonyl (C=O) groups is 2. The molecule has 0 aromatic rings. The fourth-order valence-corrected chi connectivity index (χ4v) is 0.825. The molecule has 0 N–H and O–H groups in total. The minimum absolute atomic E-state index is 0.274. The monoisotopic (exact) mass is 155 g/mol. The predicted octanol–water partition coefficient (Wildman–Crippen LogP) is 1.31. The maximum absolute atomic E-state index is 10.8. The minimum Gasteiger partial charge on any atom is -0.274 e. The Morgan fingerprint density at radius 1 is 1.27 bits per heavy atom. The Bertz CT molecular complexity index is 182. The summed E-state index contributed by atoms with van der Waals surface area (Å²) in [5, 5.41) is 0. The summed E-state index contributed by atoms with van der Waals surface area (Å²) in [5.41, 5.74) is 0.546. The molecule has 3 heteroatoms. The van der Waals surface area contributed by atoms with Crippen LogP contribution in [0.25, 0.3) is 0 Å². The second-order valence-corrected chi connectivity index (χ2v) is 2.29. The van der Waals surface area contributed by atoms with Gasteiger partial charge in [0.15, 0.2) is 0 Å². The number of amides is 2. The Balaban J connectivity index is 4.47. The van der Waals surface area contributed by atoms with Crippen LogP contribution in [0.4, 0.5) is 0 Å². The van der Waals surface area contributed by atoms with E-state index >= 15 is 0 Å². The molecule has 0 aromatic carbocycles. The van der Waals surface area contributed by atoms with Gasteiger partial charge in [0.25, 0.3) is 0 Å². The molecule has 0 aromatic heterocycles. The first-order valence-corrected chi connectivity index (χ1v) is 3.49. The SMILES string of the molecule is C=C(CC)N(C(C)=O)C(C)=O. The van der Waals surface area contributed by atoms with Crippen molar-refractivity contribution >= 4 is 11.8 Å². The molecule has 0 aliphatic rings. The molecule has 0 fully saturated rings. The van der Waals surface area contributed by atoms with Crippen LogP contribution < -0.4 is 0 Å². The smallest absolute Gasteiger partial charge is 0.230 e. The van der Waals surface area contributed by atoms with Gasteiger partial charge in [-0.15, -0.1) is 0 Å². The van der Waals surface area contributed by atoms with Gasteiger partial charge in [-0.05, 0) is 6.42 Å². The number of rotatable bonds is 2. The average molecular weight is 155 g/mol. The van der Waals surface area contributed by atoms with Gasteiger partial charge in [0.1, 0.15) is 0 Å². The molecule has 0 aliphatic carbocycles. The predicted molar refractivity (Wildman–Crippen MR) is 42.6 cm³/mol. The molecule has 0 bridgehead atoms. The Labute approximate surface area is 66.7 Å². The van der Waals surface area contributed by atoms with Gasteiger partial charge in [-0.1, -0.05) is 13.5 Å². The maximum atomic E-state index is 10.8. The normalized spacial score (nSPS) is 9.00. The van der Waals surface area contributed by atoms with Gasteiger partial charge in [0.2, 0.25) is 11.8 Å². The number of nitrogens with zero attached hydrogens (tertiary/aromatic N) is 1. The van der Waals surface area contributed by atoms with Crippen molar-refractivity contribution < 1.29 is 9.59 Å². The molecule has 3 nitrogen and oxygen atoms in total. The van der Waals surface area contributed by atoms with E-state index in [2.05, 4.69) is 6.58 Å². The van der Waals surface area contributed by atoms with E-state index in [0.717, 1.165) is 4.90 Å². The van der Waals surface area contributed by atoms with Crippen LogP contribution in [0.15, 0.2) is 12.3 Å². The van der Waals surface area contributed by atoms with Crippen LogP contribution in [0.1, 0.15) is 27.2 Å². The van der Waals surface area contributed by atoms with Crippen molar-refractivity contribution in [3.63, 3.8) is 0 Å². The molecule has 0 aliphatic heterocycles. The maximum Gasteiger partial charge on any atom is 0.230 e. The van der Waals surface area contributed by atoms with Crippen molar-refractivity contribution in [2.75, 3.05) is 0 Å². The lowest BCUT2D eigenvalue weighted by atomic mass is 10.3. The summed E-state index contributed by atoms with van der Waals surface area (Å²) in [4.78, 5) is 22.7. The van der Waals surface area contributed by atoms with Crippen LogP contribution >= 0.6 is 0 Å². The summed E-state index contributed by atoms with van der Waals surface area (Å²) < 4.78 is 0. The van der Waals surface area contributed by atoms with E-state index in [4.69, 9.17) is 0 Å². The van der Waals surface area contributed by atoms with Gasteiger partial charge in [-0.2, -0.15) is 0 Å². The molecule has 11 heavy (non-hydrogen) atoms. The van der Waals surface area contributed by atoms with Crippen molar-refractivity contribution in [2.45, 2.75) is 27.2 Å². The molecule has 0 atom stereocenters. The van der Waals surface area contributed by atoms with Gasteiger partial charge in [-0.3, -0.25) is 14.5 Å². The summed E-state index contributed by atoms with van der Waals surface area (Å²) >= 11 is 0. The van der Waals surface area contributed by atoms with E-state index in [1.807, 2.05) is 6.92 Å². The highest BCUT2D eigenvalue weighted by atomic mass is 16.2. The van der Waals surface area contributed by atoms with E-state index in [1.54, 1.807) is 0 Å². The molecule has 0 heterocycles. The molecule has 2 amide bonds. The van der Waals surface area contributed by atoms with Crippen LogP contribution in [0.2, 0.25) is 0 Å². The quantitative estimate of drug-likeness (QED) is 0.602. The van der Waals surface area contributed by atoms with Gasteiger partial charge in [0, 0.05) is 19.5 Å². The third-order valence-electron chi connectivity index (χ3n) is 1.35. The lowest BCUT2D eigenvalue weighted by Gasteiger charge is -2.17. The van der Waals surface area contributed by atoms with Gasteiger partial charge < -0.3 is 0 Å². The first kappa shape index (κ1) is 9.88. The zero-order valence-corrected chi connectivity index (χ0v) is 7.18. The summed E-state index contributed by atoms with van der Waals surface area (Å²) in [6, 6.07) is 0. The molecular weight excluding hydrogens is 142 g/mol. The van der Waals surface area contributed by atoms with Crippen LogP contribution in [0, 0.1) is 0 Å². The molecule has 0 radical (unpaired) electrons. The van der Waals surface area contributed by atoms with Crippen molar-refractivity contribution in [1.82, 2.24) is 4.90 Å². The average Bonchev–Trinajstić information content (AvgIpc) is 1.85. The lowest BCUT2D eigenvalue weighted by Crippen LogP contribution is -2.31. The second kappa shape index (κ2) is 3.91. The largest absolute Gasteiger partial charge is 0.274 e. The number of imide groups is 1. The van der Waals surface area contributed by atoms with E-state index in [1.165, 1.54) is 13.8 Å². The van der Waals surface area contributed by atoms with E-state index < -0.39 is 0 Å². The molecule has 0 spiro atoms. The number of allylic oxidation sites excluding steroid dienone is 1. The van der Waals surface area contributed by atoms with Crippen molar-refractivity contribution in [3.05, 3.63) is 12.3 Å². The molecule has 0 unspecified atom stereocenters. The molecule has 62 valence electrons. The molecule has 0 saturated heterocycles. The molecular formula is C8H13NO2. The van der Waals surface area contributed by atoms with Gasteiger partial charge in [-0.25, -0.2) is 0 Å². The minimum atomic E-state index is -0.274. The fourth-order valence-electron chi connectivity index (χ4n) is 0.825. The van der Waals surface area contributed by atoms with Crippen molar-refractivity contribution in [3.8, 4) is 0 Å². The Kier molecular flexibility index (Phi) is 3.51. The Morgan fingerprint density at radius 3 is 1.73 bits per heavy atom. The van der Waals surface area contributed by atoms with Crippen LogP contribution in [0.3, 0.4) is 0 Å². The van der Waals surface area contributed by atoms with Crippen molar-refractivity contribution in [2.24, 2.45) is 0 Å². The van der Waals surface area contributed by atoms with Gasteiger partial charge in [0.05, 0.1) is 0 Å². The highest BCUT2D eigenvalue weighted by Crippen LogP contribution is 2.06. The van der Waals surface area contributed by atoms with Crippen LogP contribution in [-0.2, 0) is 9.59 Å². The van der Waals surface area contributed by atoms with E-state index in [0.29, 0.717) is 12.1 Å². The molecule has 0 rings (SSSR count). The Hall–Kier alpha value is -1.12. The van der Waals surface area contributed by atoms with Crippen LogP contribution in [0.5, 0.6) is 0 Å². The lowest BCUT2D eigenvalue weighted by molar-refractivity contribution is -0.139. The third-order valence-corrected chi connectivity index (χ3v) is 1.35. The summed E-state index contributed by atoms with van der Waals surface area (Å²) in [5.74, 6) is -0.547. The van der Waals surface area contributed by atoms with E-state index in [-0.39, 0.29) is 11.8 Å². The summed E-state index contributed by atoms with van der Waals surface area (Å²) in [6.07, 6.45) is 0.610. The number of hydrogen-bond acceptors (Lipinski definition) is 2. The summed E-state index contributed by atoms with van der Waals surface area (Å²) in [7, 11) is 0. The number of carbonyl (C=O) groups excluding carboxylic acids is 2. The zero-order chi connectivity index (χ0) is 9.02. The third kappa shape index (κ3) is 2.53. The molecule has 0 saturated carbocycles. The number of hydrogen-bond donors (Lipinski definition) is 0. The second-order valence-electron chi connectivity index (χ2n) is 2.29.